The van der Waals surface area contributed by atoms with Gasteiger partial charge in [0.15, 0.2) is 0 Å². The van der Waals surface area contributed by atoms with E-state index in [2.05, 4.69) is 0 Å². The Labute approximate surface area is 120 Å². The maximum atomic E-state index is 10.3. The van der Waals surface area contributed by atoms with Crippen LogP contribution in [-0.2, 0) is 0 Å². The molecular weight excluding hydrogens is 252 g/mol. The number of fused-ring (bicyclic) bond motifs is 1. The monoisotopic (exact) mass is 276 g/mol. The first-order valence-electron chi connectivity index (χ1n) is 7.79. The molecule has 0 amide bonds. The van der Waals surface area contributed by atoms with Gasteiger partial charge in [-0.05, 0) is 30.5 Å². The molecule has 0 spiro atoms. The molecule has 1 heterocycles. The Hall–Kier alpha value is -1.22. The first-order chi connectivity index (χ1) is 9.76. The van der Waals surface area contributed by atoms with Crippen LogP contribution in [0.2, 0.25) is 0 Å². The third kappa shape index (κ3) is 2.93. The lowest BCUT2D eigenvalue weighted by Gasteiger charge is -2.33. The summed E-state index contributed by atoms with van der Waals surface area (Å²) in [4.78, 5) is 0. The highest BCUT2D eigenvalue weighted by Crippen LogP contribution is 2.39. The SMILES string of the molecule is COc1ccc2c(c1)[C@H](O)CC(CC1CCCCC1)O2. The second-order valence-electron chi connectivity index (χ2n) is 6.13. The van der Waals surface area contributed by atoms with Gasteiger partial charge in [-0.3, -0.25) is 0 Å². The molecule has 0 bridgehead atoms. The average molecular weight is 276 g/mol. The Balaban J connectivity index is 1.68. The summed E-state index contributed by atoms with van der Waals surface area (Å²) in [6.45, 7) is 0. The molecule has 3 heteroatoms. The zero-order valence-electron chi connectivity index (χ0n) is 12.2. The quantitative estimate of drug-likeness (QED) is 0.911. The largest absolute Gasteiger partial charge is 0.497 e. The number of aliphatic hydroxyl groups is 1. The number of methoxy groups -OCH3 is 1. The fourth-order valence-corrected chi connectivity index (χ4v) is 3.56. The molecule has 1 aliphatic heterocycles. The van der Waals surface area contributed by atoms with Gasteiger partial charge in [0.25, 0.3) is 0 Å². The van der Waals surface area contributed by atoms with Gasteiger partial charge in [0.05, 0.1) is 13.2 Å². The van der Waals surface area contributed by atoms with Gasteiger partial charge >= 0.3 is 0 Å². The van der Waals surface area contributed by atoms with Gasteiger partial charge in [-0.2, -0.15) is 0 Å². The predicted molar refractivity (Wildman–Crippen MR) is 78.2 cm³/mol. The predicted octanol–water partition coefficient (Wildman–Crippen LogP) is 3.85. The van der Waals surface area contributed by atoms with Crippen molar-refractivity contribution in [3.8, 4) is 11.5 Å². The first kappa shape index (κ1) is 13.7. The summed E-state index contributed by atoms with van der Waals surface area (Å²) in [7, 11) is 1.64. The summed E-state index contributed by atoms with van der Waals surface area (Å²) >= 11 is 0. The van der Waals surface area contributed by atoms with Gasteiger partial charge in [0.1, 0.15) is 17.6 Å². The maximum Gasteiger partial charge on any atom is 0.125 e. The molecule has 1 N–H and O–H groups in total. The maximum absolute atomic E-state index is 10.3. The zero-order valence-corrected chi connectivity index (χ0v) is 12.2. The van der Waals surface area contributed by atoms with Gasteiger partial charge in [-0.15, -0.1) is 0 Å². The van der Waals surface area contributed by atoms with E-state index in [9.17, 15) is 5.11 Å². The lowest BCUT2D eigenvalue weighted by Crippen LogP contribution is -2.28. The fraction of sp³-hybridized carbons (Fsp3) is 0.647. The van der Waals surface area contributed by atoms with Gasteiger partial charge in [-0.1, -0.05) is 32.1 Å². The van der Waals surface area contributed by atoms with Crippen molar-refractivity contribution in [2.75, 3.05) is 7.11 Å². The fourth-order valence-electron chi connectivity index (χ4n) is 3.56. The van der Waals surface area contributed by atoms with E-state index < -0.39 is 6.10 Å². The molecule has 1 fully saturated rings. The van der Waals surface area contributed by atoms with Crippen molar-refractivity contribution in [3.05, 3.63) is 23.8 Å². The van der Waals surface area contributed by atoms with E-state index in [-0.39, 0.29) is 6.10 Å². The number of ether oxygens (including phenoxy) is 2. The lowest BCUT2D eigenvalue weighted by atomic mass is 9.83. The Bertz CT molecular complexity index is 452. The number of hydrogen-bond donors (Lipinski definition) is 1. The summed E-state index contributed by atoms with van der Waals surface area (Å²) in [6, 6.07) is 5.70. The highest BCUT2D eigenvalue weighted by molar-refractivity contribution is 5.43. The van der Waals surface area contributed by atoms with E-state index in [1.807, 2.05) is 18.2 Å². The van der Waals surface area contributed by atoms with Crippen LogP contribution < -0.4 is 9.47 Å². The molecule has 1 aromatic carbocycles. The second-order valence-corrected chi connectivity index (χ2v) is 6.13. The van der Waals surface area contributed by atoms with Crippen LogP contribution in [0.5, 0.6) is 11.5 Å². The molecule has 2 aliphatic rings. The molecule has 20 heavy (non-hydrogen) atoms. The van der Waals surface area contributed by atoms with Gasteiger partial charge in [0.2, 0.25) is 0 Å². The Morgan fingerprint density at radius 3 is 2.80 bits per heavy atom. The van der Waals surface area contributed by atoms with Crippen molar-refractivity contribution in [1.29, 1.82) is 0 Å². The van der Waals surface area contributed by atoms with Crippen molar-refractivity contribution in [2.24, 2.45) is 5.92 Å². The number of benzene rings is 1. The number of aliphatic hydroxyl groups excluding tert-OH is 1. The van der Waals surface area contributed by atoms with Crippen LogP contribution in [0.3, 0.4) is 0 Å². The van der Waals surface area contributed by atoms with Crippen LogP contribution in [-0.4, -0.2) is 18.3 Å². The van der Waals surface area contributed by atoms with E-state index in [4.69, 9.17) is 9.47 Å². The van der Waals surface area contributed by atoms with Crippen LogP contribution in [0.4, 0.5) is 0 Å². The molecule has 0 radical (unpaired) electrons. The molecule has 1 unspecified atom stereocenters. The highest BCUT2D eigenvalue weighted by Gasteiger charge is 2.29. The molecule has 0 saturated heterocycles. The Morgan fingerprint density at radius 2 is 2.05 bits per heavy atom. The van der Waals surface area contributed by atoms with Crippen molar-refractivity contribution >= 4 is 0 Å². The van der Waals surface area contributed by atoms with Crippen molar-refractivity contribution in [3.63, 3.8) is 0 Å². The van der Waals surface area contributed by atoms with Gasteiger partial charge < -0.3 is 14.6 Å². The molecule has 1 aromatic rings. The third-order valence-corrected chi connectivity index (χ3v) is 4.68. The summed E-state index contributed by atoms with van der Waals surface area (Å²) in [5, 5.41) is 10.3. The van der Waals surface area contributed by atoms with Gasteiger partial charge in [0, 0.05) is 12.0 Å². The van der Waals surface area contributed by atoms with Crippen LogP contribution in [0.1, 0.15) is 56.6 Å². The molecule has 1 aliphatic carbocycles. The summed E-state index contributed by atoms with van der Waals surface area (Å²) < 4.78 is 11.3. The molecule has 2 atom stereocenters. The Kier molecular flexibility index (Phi) is 4.16. The normalized spacial score (nSPS) is 26.7. The van der Waals surface area contributed by atoms with Gasteiger partial charge in [-0.25, -0.2) is 0 Å². The van der Waals surface area contributed by atoms with Crippen molar-refractivity contribution in [1.82, 2.24) is 0 Å². The minimum Gasteiger partial charge on any atom is -0.497 e. The minimum atomic E-state index is -0.428. The highest BCUT2D eigenvalue weighted by atomic mass is 16.5. The zero-order chi connectivity index (χ0) is 13.9. The summed E-state index contributed by atoms with van der Waals surface area (Å²) in [6.07, 6.45) is 8.27. The Morgan fingerprint density at radius 1 is 1.25 bits per heavy atom. The molecule has 110 valence electrons. The second kappa shape index (κ2) is 6.04. The first-order valence-corrected chi connectivity index (χ1v) is 7.79. The molecule has 3 nitrogen and oxygen atoms in total. The molecule has 0 aromatic heterocycles. The van der Waals surface area contributed by atoms with E-state index in [0.29, 0.717) is 6.42 Å². The lowest BCUT2D eigenvalue weighted by molar-refractivity contribution is 0.0492. The molecular formula is C17H24O3. The van der Waals surface area contributed by atoms with Crippen LogP contribution in [0, 0.1) is 5.92 Å². The summed E-state index contributed by atoms with van der Waals surface area (Å²) in [5.74, 6) is 2.38. The summed E-state index contributed by atoms with van der Waals surface area (Å²) in [5.41, 5.74) is 0.865. The van der Waals surface area contributed by atoms with Crippen molar-refractivity contribution in [2.45, 2.75) is 57.2 Å². The minimum absolute atomic E-state index is 0.161. The van der Waals surface area contributed by atoms with Crippen LogP contribution in [0.15, 0.2) is 18.2 Å². The standard InChI is InChI=1S/C17H24O3/c1-19-13-7-8-17-15(10-13)16(18)11-14(20-17)9-12-5-3-2-4-6-12/h7-8,10,12,14,16,18H,2-6,9,11H2,1H3/t14?,16-/m1/s1. The van der Waals surface area contributed by atoms with E-state index in [1.165, 1.54) is 32.1 Å². The van der Waals surface area contributed by atoms with E-state index >= 15 is 0 Å². The average Bonchev–Trinajstić information content (AvgIpc) is 2.48. The number of rotatable bonds is 3. The topological polar surface area (TPSA) is 38.7 Å². The van der Waals surface area contributed by atoms with E-state index in [0.717, 1.165) is 29.4 Å². The number of hydrogen-bond acceptors (Lipinski definition) is 3. The smallest absolute Gasteiger partial charge is 0.125 e. The van der Waals surface area contributed by atoms with Crippen LogP contribution in [0.25, 0.3) is 0 Å². The third-order valence-electron chi connectivity index (χ3n) is 4.68. The van der Waals surface area contributed by atoms with Crippen molar-refractivity contribution < 1.29 is 14.6 Å². The van der Waals surface area contributed by atoms with Crippen LogP contribution >= 0.6 is 0 Å². The van der Waals surface area contributed by atoms with E-state index in [1.54, 1.807) is 7.11 Å². The molecule has 3 rings (SSSR count). The molecule has 1 saturated carbocycles.